The third-order valence-corrected chi connectivity index (χ3v) is 15.2. The van der Waals surface area contributed by atoms with Gasteiger partial charge in [-0.25, -0.2) is 0 Å². The van der Waals surface area contributed by atoms with Crippen LogP contribution in [0.5, 0.6) is 0 Å². The Morgan fingerprint density at radius 1 is 0.125 bits per heavy atom. The van der Waals surface area contributed by atoms with Crippen LogP contribution >= 0.6 is 0 Å². The van der Waals surface area contributed by atoms with Crippen LogP contribution in [0.3, 0.4) is 0 Å². The third kappa shape index (κ3) is 19.7. The van der Waals surface area contributed by atoms with Gasteiger partial charge in [0.2, 0.25) is 0 Å². The zero-order valence-corrected chi connectivity index (χ0v) is 50.7. The largest absolute Gasteiger partial charge is 0.0776 e. The maximum atomic E-state index is 2.28. The fourth-order valence-corrected chi connectivity index (χ4v) is 10.1. The molecule has 13 rings (SSSR count). The number of fused-ring (bicyclic) bond motifs is 2. The second-order valence-corrected chi connectivity index (χ2v) is 22.6. The highest BCUT2D eigenvalue weighted by Crippen LogP contribution is 2.30. The molecule has 446 valence electrons. The van der Waals surface area contributed by atoms with Gasteiger partial charge in [-0.05, 0) is 176 Å². The Bertz CT molecular complexity index is 3930. The lowest BCUT2D eigenvalue weighted by atomic mass is 9.98. The van der Waals surface area contributed by atoms with Gasteiger partial charge in [-0.1, -0.05) is 358 Å². The lowest BCUT2D eigenvalue weighted by molar-refractivity contribution is 1.44. The van der Waals surface area contributed by atoms with E-state index in [0.717, 1.165) is 0 Å². The molecule has 13 aromatic rings. The van der Waals surface area contributed by atoms with Crippen LogP contribution in [0.1, 0.15) is 85.3 Å². The van der Waals surface area contributed by atoms with Gasteiger partial charge in [0, 0.05) is 0 Å². The molecule has 0 amide bonds. The number of hydrogen-bond acceptors (Lipinski definition) is 0. The molecule has 0 bridgehead atoms. The second-order valence-electron chi connectivity index (χ2n) is 22.6. The van der Waals surface area contributed by atoms with Crippen LogP contribution in [0.25, 0.3) is 88.3 Å². The molecule has 0 heteroatoms. The zero-order valence-electron chi connectivity index (χ0n) is 50.7. The average Bonchev–Trinajstić information content (AvgIpc) is 2.50. The number of hydrogen-bond donors (Lipinski definition) is 0. The Labute approximate surface area is 531 Å². The van der Waals surface area contributed by atoms with Gasteiger partial charge < -0.3 is 0 Å². The van der Waals surface area contributed by atoms with Crippen LogP contribution in [-0.4, -0.2) is 0 Å². The molecule has 0 spiro atoms. The molecule has 0 saturated heterocycles. The van der Waals surface area contributed by atoms with E-state index in [1.807, 2.05) is 0 Å². The Kier molecular flexibility index (Phi) is 26.2. The van der Waals surface area contributed by atoms with Gasteiger partial charge in [-0.2, -0.15) is 0 Å². The Balaban J connectivity index is 0.000000200. The van der Waals surface area contributed by atoms with Crippen molar-refractivity contribution < 1.29 is 0 Å². The quantitative estimate of drug-likeness (QED) is 0.146. The first-order chi connectivity index (χ1) is 40.7. The molecule has 0 aliphatic rings. The molecule has 0 aliphatic carbocycles. The van der Waals surface area contributed by atoms with Crippen molar-refractivity contribution in [1.29, 1.82) is 0 Å². The van der Waals surface area contributed by atoms with Gasteiger partial charge in [0.05, 0.1) is 0 Å². The molecule has 0 radical (unpaired) electrons. The molecule has 0 saturated carbocycles. The van der Waals surface area contributed by atoms with Crippen molar-refractivity contribution in [2.45, 2.75) is 98.9 Å². The van der Waals surface area contributed by atoms with Crippen LogP contribution in [0.2, 0.25) is 0 Å². The average molecular weight is 1150 g/mol. The smallest absolute Gasteiger partial charge is 0.0175 e. The highest BCUT2D eigenvalue weighted by molar-refractivity contribution is 5.98. The summed E-state index contributed by atoms with van der Waals surface area (Å²) in [6, 6.07) is 104. The summed E-state index contributed by atoms with van der Waals surface area (Å²) in [5, 5.41) is 5.31. The van der Waals surface area contributed by atoms with E-state index < -0.39 is 0 Å². The highest BCUT2D eigenvalue weighted by atomic mass is 14.1. The van der Waals surface area contributed by atoms with Gasteiger partial charge in [0.15, 0.2) is 0 Å². The highest BCUT2D eigenvalue weighted by Gasteiger charge is 2.05. The molecule has 13 aromatic carbocycles. The molecule has 0 fully saturated rings. The van der Waals surface area contributed by atoms with Gasteiger partial charge in [-0.3, -0.25) is 0 Å². The van der Waals surface area contributed by atoms with Crippen LogP contribution in [0.4, 0.5) is 0 Å². The van der Waals surface area contributed by atoms with Crippen molar-refractivity contribution in [3.05, 3.63) is 347 Å². The van der Waals surface area contributed by atoms with Crippen LogP contribution in [0, 0.1) is 69.2 Å². The summed E-state index contributed by atoms with van der Waals surface area (Å²) >= 11 is 0. The van der Waals surface area contributed by atoms with E-state index in [9.17, 15) is 0 Å². The predicted octanol–water partition coefficient (Wildman–Crippen LogP) is 26.4. The first kappa shape index (κ1) is 69.2. The van der Waals surface area contributed by atoms with Crippen LogP contribution < -0.4 is 0 Å². The third-order valence-electron chi connectivity index (χ3n) is 15.2. The molecule has 0 heterocycles. The summed E-state index contributed by atoms with van der Waals surface area (Å²) in [5.74, 6) is 0. The molecular weight excluding hydrogens is 1060 g/mol. The molecule has 0 unspecified atom stereocenters. The lowest BCUT2D eigenvalue weighted by Gasteiger charge is -2.07. The minimum atomic E-state index is 0. The predicted molar refractivity (Wildman–Crippen MR) is 394 cm³/mol. The molecule has 0 N–H and O–H groups in total. The summed E-state index contributed by atoms with van der Waals surface area (Å²) in [6.45, 7) is 21.2. The Morgan fingerprint density at radius 2 is 0.307 bits per heavy atom. The summed E-state index contributed by atoms with van der Waals surface area (Å²) in [5.41, 5.74) is 28.4. The first-order valence-corrected chi connectivity index (χ1v) is 29.3. The fraction of sp³-hybridized carbons (Fsp3) is 0.159. The number of benzene rings is 13. The minimum Gasteiger partial charge on any atom is -0.0776 e. The summed E-state index contributed by atoms with van der Waals surface area (Å²) in [6.07, 6.45) is 0. The van der Waals surface area contributed by atoms with E-state index in [4.69, 9.17) is 0 Å². The lowest BCUT2D eigenvalue weighted by Crippen LogP contribution is -1.82. The van der Waals surface area contributed by atoms with E-state index >= 15 is 0 Å². The van der Waals surface area contributed by atoms with E-state index in [1.54, 1.807) is 0 Å². The van der Waals surface area contributed by atoms with Crippen LogP contribution in [-0.2, 0) is 0 Å². The molecular formula is C88H94. The van der Waals surface area contributed by atoms with Crippen molar-refractivity contribution in [3.8, 4) is 66.8 Å². The maximum Gasteiger partial charge on any atom is -0.0175 e. The standard InChI is InChI=1S/2C20H18.C16H14.2C14H14.4CH4/c1-15-3-7-17(8-4-15)19-11-13-20(14-12-19)18-9-5-16(2)6-10-18;1-15-6-10-17(11-7-15)19-4-3-5-20(14-19)18-12-8-16(2)9-13-18;1-11-3-5-13-9-14-6-4-12(2)8-16(14)10-15(13)7-11;1-11-3-7-13(8-4-11)14-9-5-12(2)6-10-14;1-11-5-3-7-13(9-11)14-8-4-6-12(2)10-14;;;;/h2*3-14H,1-2H3;3-10H,1-2H3;2*3-10H,1-2H3;4*1H4. The van der Waals surface area contributed by atoms with Gasteiger partial charge in [0.1, 0.15) is 0 Å². The molecule has 0 nitrogen and oxygen atoms in total. The SMILES string of the molecule is C.C.C.C.Cc1ccc(-c2ccc(-c3ccc(C)cc3)cc2)cc1.Cc1ccc(-c2ccc(C)cc2)cc1.Cc1ccc(-c2cccc(-c3ccc(C)cc3)c2)cc1.Cc1ccc2cc3ccc(C)cc3cc2c1.Cc1cccc(-c2cccc(C)c2)c1. The van der Waals surface area contributed by atoms with E-state index in [0.29, 0.717) is 0 Å². The summed E-state index contributed by atoms with van der Waals surface area (Å²) in [7, 11) is 0. The van der Waals surface area contributed by atoms with Crippen molar-refractivity contribution in [1.82, 2.24) is 0 Å². The molecule has 0 atom stereocenters. The summed E-state index contributed by atoms with van der Waals surface area (Å²) < 4.78 is 0. The van der Waals surface area contributed by atoms with E-state index in [2.05, 4.69) is 360 Å². The number of rotatable bonds is 6. The van der Waals surface area contributed by atoms with Crippen molar-refractivity contribution in [3.63, 3.8) is 0 Å². The van der Waals surface area contributed by atoms with Crippen LogP contribution in [0.15, 0.2) is 291 Å². The monoisotopic (exact) mass is 1150 g/mol. The summed E-state index contributed by atoms with van der Waals surface area (Å²) in [4.78, 5) is 0. The first-order valence-electron chi connectivity index (χ1n) is 29.3. The van der Waals surface area contributed by atoms with Gasteiger partial charge in [-0.15, -0.1) is 0 Å². The number of aryl methyl sites for hydroxylation is 10. The van der Waals surface area contributed by atoms with Crippen molar-refractivity contribution in [2.24, 2.45) is 0 Å². The van der Waals surface area contributed by atoms with Crippen molar-refractivity contribution >= 4 is 21.5 Å². The topological polar surface area (TPSA) is 0 Å². The van der Waals surface area contributed by atoms with Gasteiger partial charge in [0.25, 0.3) is 0 Å². The molecule has 0 aliphatic heterocycles. The Morgan fingerprint density at radius 3 is 0.557 bits per heavy atom. The molecule has 0 aromatic heterocycles. The van der Waals surface area contributed by atoms with E-state index in [-0.39, 0.29) is 29.7 Å². The fourth-order valence-electron chi connectivity index (χ4n) is 10.1. The maximum absolute atomic E-state index is 2.28. The second kappa shape index (κ2) is 33.3. The Hall–Kier alpha value is -9.62. The zero-order chi connectivity index (χ0) is 59.0. The molecule has 88 heavy (non-hydrogen) atoms. The minimum absolute atomic E-state index is 0. The van der Waals surface area contributed by atoms with Gasteiger partial charge >= 0.3 is 0 Å². The normalized spacial score (nSPS) is 10.0. The van der Waals surface area contributed by atoms with E-state index in [1.165, 1.54) is 144 Å². The van der Waals surface area contributed by atoms with Crippen molar-refractivity contribution in [2.75, 3.05) is 0 Å².